The summed E-state index contributed by atoms with van der Waals surface area (Å²) >= 11 is 0. The van der Waals surface area contributed by atoms with Crippen LogP contribution in [0.1, 0.15) is 54.2 Å². The lowest BCUT2D eigenvalue weighted by Gasteiger charge is -2.25. The van der Waals surface area contributed by atoms with E-state index in [9.17, 15) is 29.3 Å². The molecule has 2 aromatic rings. The molecule has 0 aromatic carbocycles. The van der Waals surface area contributed by atoms with Crippen LogP contribution in [0.4, 0.5) is 5.82 Å². The minimum Gasteiger partial charge on any atom is -0.455 e. The smallest absolute Gasteiger partial charge is 0.455 e. The monoisotopic (exact) mass is 684 g/mol. The topological polar surface area (TPSA) is 259 Å². The predicted octanol–water partition coefficient (Wildman–Crippen LogP) is 1.55. The first-order valence-corrected chi connectivity index (χ1v) is 16.0. The van der Waals surface area contributed by atoms with Crippen LogP contribution in [-0.4, -0.2) is 82.2 Å². The highest BCUT2D eigenvalue weighted by Crippen LogP contribution is 2.51. The molecule has 19 heteroatoms. The summed E-state index contributed by atoms with van der Waals surface area (Å²) in [4.78, 5) is 41.0. The van der Waals surface area contributed by atoms with Crippen molar-refractivity contribution in [3.05, 3.63) is 24.2 Å². The van der Waals surface area contributed by atoms with E-state index in [1.165, 1.54) is 16.6 Å². The Kier molecular flexibility index (Phi) is 12.1. The molecule has 1 saturated heterocycles. The normalized spacial score (nSPS) is 23.3. The van der Waals surface area contributed by atoms with E-state index in [-0.39, 0.29) is 22.9 Å². The largest absolute Gasteiger partial charge is 0.480 e. The standard InChI is InChI=1S/C28H41N6O12P/c1-15(2)20(30)25(37)45-21-18(46-28(11-29,22(21)35)19-9-8-17-23(31)32-12-33-34(17)19)10-42-47(39,43-13-40-24(36)16(3)4)44-14-41-26(38)27(5,6)7/h8-9,12,15-16,18,20-22,35H,10,13-14,30H2,1-7H3,(H2,31,32,33)/t18-,20?,21-,22-,28+,47?/m1/s1. The molecule has 2 aromatic heterocycles. The number of nitrogen functional groups attached to an aromatic ring is 1. The molecule has 260 valence electrons. The van der Waals surface area contributed by atoms with Crippen molar-refractivity contribution in [2.24, 2.45) is 23.0 Å². The molecule has 0 saturated carbocycles. The lowest BCUT2D eigenvalue weighted by molar-refractivity contribution is -0.162. The number of nitriles is 1. The molecule has 0 bridgehead atoms. The van der Waals surface area contributed by atoms with E-state index in [2.05, 4.69) is 10.1 Å². The number of ether oxygens (including phenoxy) is 4. The number of hydrogen-bond donors (Lipinski definition) is 3. The first-order chi connectivity index (χ1) is 21.9. The average Bonchev–Trinajstić information content (AvgIpc) is 3.55. The average molecular weight is 685 g/mol. The number of hydrogen-bond acceptors (Lipinski definition) is 17. The summed E-state index contributed by atoms with van der Waals surface area (Å²) < 4.78 is 52.1. The van der Waals surface area contributed by atoms with Gasteiger partial charge in [0.2, 0.25) is 19.2 Å². The van der Waals surface area contributed by atoms with Crippen molar-refractivity contribution in [3.63, 3.8) is 0 Å². The van der Waals surface area contributed by atoms with E-state index in [0.29, 0.717) is 0 Å². The molecule has 0 amide bonds. The third kappa shape index (κ3) is 8.62. The van der Waals surface area contributed by atoms with Crippen LogP contribution in [0.3, 0.4) is 0 Å². The van der Waals surface area contributed by atoms with Crippen LogP contribution in [0.2, 0.25) is 0 Å². The molecule has 47 heavy (non-hydrogen) atoms. The summed E-state index contributed by atoms with van der Waals surface area (Å²) in [5.74, 6) is -3.15. The molecule has 18 nitrogen and oxygen atoms in total. The van der Waals surface area contributed by atoms with Gasteiger partial charge in [0.05, 0.1) is 23.6 Å². The molecule has 6 atom stereocenters. The molecular weight excluding hydrogens is 643 g/mol. The number of phosphoric ester groups is 1. The van der Waals surface area contributed by atoms with Crippen molar-refractivity contribution in [3.8, 4) is 6.07 Å². The zero-order valence-electron chi connectivity index (χ0n) is 27.1. The van der Waals surface area contributed by atoms with Gasteiger partial charge in [-0.2, -0.15) is 10.4 Å². The second kappa shape index (κ2) is 15.0. The van der Waals surface area contributed by atoms with Crippen LogP contribution in [0.5, 0.6) is 0 Å². The molecule has 0 aliphatic carbocycles. The Bertz CT molecular complexity index is 1540. The molecule has 1 aliphatic rings. The number of esters is 3. The van der Waals surface area contributed by atoms with Gasteiger partial charge in [-0.15, -0.1) is 0 Å². The van der Waals surface area contributed by atoms with Gasteiger partial charge >= 0.3 is 25.7 Å². The third-order valence-electron chi connectivity index (χ3n) is 7.00. The lowest BCUT2D eigenvalue weighted by Crippen LogP contribution is -2.46. The fourth-order valence-electron chi connectivity index (χ4n) is 4.11. The Morgan fingerprint density at radius 1 is 1.13 bits per heavy atom. The molecule has 5 N–H and O–H groups in total. The fourth-order valence-corrected chi connectivity index (χ4v) is 5.03. The quantitative estimate of drug-likeness (QED) is 0.110. The van der Waals surface area contributed by atoms with Gasteiger partial charge in [-0.1, -0.05) is 27.7 Å². The number of fused-ring (bicyclic) bond motifs is 1. The van der Waals surface area contributed by atoms with Crippen LogP contribution in [-0.2, 0) is 57.1 Å². The molecule has 2 unspecified atom stereocenters. The minimum absolute atomic E-state index is 0.00122. The molecule has 0 spiro atoms. The number of aromatic nitrogens is 3. The van der Waals surface area contributed by atoms with Gasteiger partial charge in [-0.25, -0.2) is 23.1 Å². The van der Waals surface area contributed by atoms with Crippen molar-refractivity contribution < 1.29 is 56.6 Å². The summed E-state index contributed by atoms with van der Waals surface area (Å²) in [5, 5.41) is 26.0. The Morgan fingerprint density at radius 3 is 2.34 bits per heavy atom. The van der Waals surface area contributed by atoms with Crippen LogP contribution >= 0.6 is 7.82 Å². The van der Waals surface area contributed by atoms with Gasteiger partial charge in [0, 0.05) is 0 Å². The number of carbonyl (C=O) groups is 3. The number of phosphoric acid groups is 1. The number of aliphatic hydroxyl groups excluding tert-OH is 1. The molecule has 1 fully saturated rings. The summed E-state index contributed by atoms with van der Waals surface area (Å²) in [5.41, 5.74) is 9.03. The Morgan fingerprint density at radius 2 is 1.77 bits per heavy atom. The van der Waals surface area contributed by atoms with E-state index < -0.39 is 87.2 Å². The van der Waals surface area contributed by atoms with Crippen molar-refractivity contribution in [1.29, 1.82) is 5.26 Å². The van der Waals surface area contributed by atoms with Crippen molar-refractivity contribution in [1.82, 2.24) is 14.6 Å². The van der Waals surface area contributed by atoms with Crippen LogP contribution in [0.15, 0.2) is 18.5 Å². The third-order valence-corrected chi connectivity index (χ3v) is 8.30. The highest BCUT2D eigenvalue weighted by molar-refractivity contribution is 7.48. The molecule has 3 heterocycles. The number of nitrogens with zero attached hydrogens (tertiary/aromatic N) is 4. The number of anilines is 1. The van der Waals surface area contributed by atoms with Gasteiger partial charge in [0.25, 0.3) is 0 Å². The van der Waals surface area contributed by atoms with E-state index in [1.54, 1.807) is 48.5 Å². The molecule has 1 aliphatic heterocycles. The highest BCUT2D eigenvalue weighted by Gasteiger charge is 2.60. The van der Waals surface area contributed by atoms with Gasteiger partial charge < -0.3 is 35.5 Å². The molecule has 0 radical (unpaired) electrons. The van der Waals surface area contributed by atoms with E-state index >= 15 is 0 Å². The summed E-state index contributed by atoms with van der Waals surface area (Å²) in [6.07, 6.45) is -3.88. The van der Waals surface area contributed by atoms with Gasteiger partial charge in [0.15, 0.2) is 11.9 Å². The Labute approximate surface area is 271 Å². The zero-order chi connectivity index (χ0) is 35.3. The summed E-state index contributed by atoms with van der Waals surface area (Å²) in [6.45, 7) is 8.66. The Hall–Kier alpha value is -3.69. The predicted molar refractivity (Wildman–Crippen MR) is 160 cm³/mol. The maximum atomic E-state index is 13.6. The maximum Gasteiger partial charge on any atom is 0.480 e. The first kappa shape index (κ1) is 37.8. The maximum absolute atomic E-state index is 13.6. The van der Waals surface area contributed by atoms with Crippen LogP contribution < -0.4 is 11.5 Å². The van der Waals surface area contributed by atoms with Crippen LogP contribution in [0, 0.1) is 28.6 Å². The van der Waals surface area contributed by atoms with E-state index in [0.717, 1.165) is 6.33 Å². The Balaban J connectivity index is 1.94. The van der Waals surface area contributed by atoms with Crippen molar-refractivity contribution in [2.75, 3.05) is 25.9 Å². The second-order valence-corrected chi connectivity index (χ2v) is 14.0. The molecular formula is C28H41N6O12P. The van der Waals surface area contributed by atoms with Gasteiger partial charge in [0.1, 0.15) is 36.2 Å². The number of aliphatic hydroxyl groups is 1. The number of rotatable bonds is 14. The van der Waals surface area contributed by atoms with Crippen molar-refractivity contribution in [2.45, 2.75) is 78.4 Å². The number of carbonyl (C=O) groups excluding carboxylic acids is 3. The zero-order valence-corrected chi connectivity index (χ0v) is 28.0. The summed E-state index contributed by atoms with van der Waals surface area (Å²) in [6, 6.07) is 3.71. The first-order valence-electron chi connectivity index (χ1n) is 14.6. The second-order valence-electron chi connectivity index (χ2n) is 12.3. The fraction of sp³-hybridized carbons (Fsp3) is 0.643. The SMILES string of the molecule is CC(C)C(=O)OCOP(=O)(OCOC(=O)C(C)(C)C)OC[C@H]1O[C@@](C#N)(c2ccc3c(N)ncnn23)[C@H](O)[C@@H]1OC(=O)C(N)C(C)C. The van der Waals surface area contributed by atoms with Gasteiger partial charge in [-0.05, 0) is 38.8 Å². The number of nitrogens with two attached hydrogens (primary N) is 2. The van der Waals surface area contributed by atoms with Crippen LogP contribution in [0.25, 0.3) is 5.52 Å². The highest BCUT2D eigenvalue weighted by atomic mass is 31.2. The minimum atomic E-state index is -4.74. The van der Waals surface area contributed by atoms with Crippen molar-refractivity contribution >= 4 is 37.1 Å². The van der Waals surface area contributed by atoms with E-state index in [4.69, 9.17) is 44.0 Å². The molecule has 3 rings (SSSR count). The summed E-state index contributed by atoms with van der Waals surface area (Å²) in [7, 11) is -4.74. The van der Waals surface area contributed by atoms with E-state index in [1.807, 2.05) is 6.07 Å². The van der Waals surface area contributed by atoms with Gasteiger partial charge in [-0.3, -0.25) is 18.9 Å². The lowest BCUT2D eigenvalue weighted by atomic mass is 9.92.